The van der Waals surface area contributed by atoms with Crippen LogP contribution in [0.15, 0.2) is 0 Å². The minimum atomic E-state index is 0. The van der Waals surface area contributed by atoms with E-state index in [9.17, 15) is 0 Å². The van der Waals surface area contributed by atoms with Gasteiger partial charge in [-0.05, 0) is 0 Å². The van der Waals surface area contributed by atoms with E-state index in [2.05, 4.69) is 0 Å². The summed E-state index contributed by atoms with van der Waals surface area (Å²) in [6.07, 6.45) is 0. The molecule has 8 heavy (non-hydrogen) atoms. The van der Waals surface area contributed by atoms with Gasteiger partial charge < -0.3 is 32.9 Å². The van der Waals surface area contributed by atoms with Gasteiger partial charge in [0.1, 0.15) is 0 Å². The maximum Gasteiger partial charge on any atom is 3.00 e. The molecule has 0 saturated heterocycles. The molecular formula is H6In2O6. The maximum atomic E-state index is 0. The Labute approximate surface area is 84.1 Å². The van der Waals surface area contributed by atoms with Crippen LogP contribution in [0.25, 0.3) is 0 Å². The summed E-state index contributed by atoms with van der Waals surface area (Å²) in [5.41, 5.74) is 0. The maximum absolute atomic E-state index is 0. The van der Waals surface area contributed by atoms with Crippen molar-refractivity contribution in [2.75, 3.05) is 0 Å². The Morgan fingerprint density at radius 2 is 0.250 bits per heavy atom. The average molecular weight is 332 g/mol. The van der Waals surface area contributed by atoms with Gasteiger partial charge in [0.15, 0.2) is 0 Å². The smallest absolute Gasteiger partial charge is 0.870 e. The largest absolute Gasteiger partial charge is 3.00 e. The van der Waals surface area contributed by atoms with E-state index in [1.807, 2.05) is 0 Å². The Kier molecular flexibility index (Phi) is 8100. The van der Waals surface area contributed by atoms with Crippen LogP contribution in [0.1, 0.15) is 0 Å². The number of hydrogen-bond acceptors (Lipinski definition) is 6. The molecule has 6 N–H and O–H groups in total. The number of hydrogen-bond donors (Lipinski definition) is 0. The first kappa shape index (κ1) is 305. The van der Waals surface area contributed by atoms with Crippen LogP contribution in [0.4, 0.5) is 0 Å². The zero-order chi connectivity index (χ0) is 0. The molecule has 0 radical (unpaired) electrons. The fourth-order valence-electron chi connectivity index (χ4n) is 0. The van der Waals surface area contributed by atoms with Gasteiger partial charge in [0.25, 0.3) is 0 Å². The van der Waals surface area contributed by atoms with Crippen LogP contribution in [-0.2, 0) is 0 Å². The Morgan fingerprint density at radius 3 is 0.250 bits per heavy atom. The Bertz CT molecular complexity index is 6.49. The van der Waals surface area contributed by atoms with Crippen molar-refractivity contribution < 1.29 is 32.9 Å². The summed E-state index contributed by atoms with van der Waals surface area (Å²) < 4.78 is 0. The standard InChI is InChI=1S/2In.6H2O/h;;6*1H2/q2*+3;;;;;;/p-6. The first-order valence-electron chi connectivity index (χ1n) is 0. The monoisotopic (exact) mass is 332 g/mol. The molecule has 0 fully saturated rings. The average Bonchev–Trinajstić information content (AvgIpc) is 0. The van der Waals surface area contributed by atoms with E-state index < -0.39 is 0 Å². The van der Waals surface area contributed by atoms with Crippen LogP contribution in [-0.4, -0.2) is 84.5 Å². The van der Waals surface area contributed by atoms with Crippen molar-refractivity contribution in [2.24, 2.45) is 0 Å². The fraction of sp³-hybridized carbons (Fsp3) is 0. The van der Waals surface area contributed by atoms with Gasteiger partial charge in [0.2, 0.25) is 0 Å². The zero-order valence-corrected chi connectivity index (χ0v) is 10.4. The van der Waals surface area contributed by atoms with Crippen LogP contribution in [0.5, 0.6) is 0 Å². The summed E-state index contributed by atoms with van der Waals surface area (Å²) in [7, 11) is 0. The van der Waals surface area contributed by atoms with Gasteiger partial charge in [-0.3, -0.25) is 0 Å². The van der Waals surface area contributed by atoms with E-state index in [0.29, 0.717) is 0 Å². The van der Waals surface area contributed by atoms with E-state index in [1.54, 1.807) is 0 Å². The van der Waals surface area contributed by atoms with Gasteiger partial charge >= 0.3 is 51.7 Å². The summed E-state index contributed by atoms with van der Waals surface area (Å²) in [4.78, 5) is 0. The summed E-state index contributed by atoms with van der Waals surface area (Å²) in [5, 5.41) is 0. The SMILES string of the molecule is [In+3].[In+3].[OH-].[OH-].[OH-].[OH-].[OH-].[OH-]. The zero-order valence-electron chi connectivity index (χ0n) is 3.84. The first-order chi connectivity index (χ1) is 0. The third-order valence-corrected chi connectivity index (χ3v) is 0. The van der Waals surface area contributed by atoms with Crippen LogP contribution in [0, 0.1) is 0 Å². The predicted octanol–water partition coefficient (Wildman–Crippen LogP) is -1.82. The molecule has 0 rings (SSSR count). The molecule has 0 spiro atoms. The van der Waals surface area contributed by atoms with Gasteiger partial charge in [-0.2, -0.15) is 0 Å². The second-order valence-corrected chi connectivity index (χ2v) is 0. The van der Waals surface area contributed by atoms with E-state index in [1.165, 1.54) is 0 Å². The molecule has 0 aromatic heterocycles. The molecule has 0 amide bonds. The van der Waals surface area contributed by atoms with Crippen LogP contribution < -0.4 is 0 Å². The van der Waals surface area contributed by atoms with Gasteiger partial charge in [0, 0.05) is 0 Å². The van der Waals surface area contributed by atoms with Crippen molar-refractivity contribution in [2.45, 2.75) is 0 Å². The minimum absolute atomic E-state index is 0. The minimum Gasteiger partial charge on any atom is -0.870 e. The topological polar surface area (TPSA) is 180 Å². The molecule has 0 aromatic rings. The normalized spacial score (nSPS) is 0. The van der Waals surface area contributed by atoms with Gasteiger partial charge in [-0.15, -0.1) is 0 Å². The van der Waals surface area contributed by atoms with E-state index in [0.717, 1.165) is 0 Å². The molecule has 0 heterocycles. The quantitative estimate of drug-likeness (QED) is 0.503. The summed E-state index contributed by atoms with van der Waals surface area (Å²) in [6, 6.07) is 0. The van der Waals surface area contributed by atoms with Crippen molar-refractivity contribution in [3.05, 3.63) is 0 Å². The first-order valence-corrected chi connectivity index (χ1v) is 0. The molecule has 0 atom stereocenters. The molecule has 8 heteroatoms. The summed E-state index contributed by atoms with van der Waals surface area (Å²) in [6.45, 7) is 0. The molecule has 0 unspecified atom stereocenters. The Hall–Kier alpha value is 1.50. The molecule has 0 aliphatic heterocycles. The van der Waals surface area contributed by atoms with Gasteiger partial charge in [-0.25, -0.2) is 0 Å². The summed E-state index contributed by atoms with van der Waals surface area (Å²) >= 11 is 0. The Balaban J connectivity index is 0. The van der Waals surface area contributed by atoms with Crippen molar-refractivity contribution in [3.8, 4) is 0 Å². The van der Waals surface area contributed by atoms with Gasteiger partial charge in [0.05, 0.1) is 0 Å². The molecule has 48 valence electrons. The second kappa shape index (κ2) is 212. The second-order valence-electron chi connectivity index (χ2n) is 0. The fourth-order valence-corrected chi connectivity index (χ4v) is 0. The number of rotatable bonds is 0. The molecule has 0 bridgehead atoms. The third kappa shape index (κ3) is 141. The van der Waals surface area contributed by atoms with E-state index in [-0.39, 0.29) is 84.5 Å². The molecule has 0 aliphatic rings. The molecule has 0 saturated carbocycles. The van der Waals surface area contributed by atoms with Crippen molar-refractivity contribution >= 4 is 51.7 Å². The van der Waals surface area contributed by atoms with Crippen LogP contribution >= 0.6 is 0 Å². The third-order valence-electron chi connectivity index (χ3n) is 0. The van der Waals surface area contributed by atoms with Gasteiger partial charge in [-0.1, -0.05) is 0 Å². The predicted molar refractivity (Wildman–Crippen MR) is 23.1 cm³/mol. The van der Waals surface area contributed by atoms with Crippen molar-refractivity contribution in [1.82, 2.24) is 0 Å². The molecule has 0 aliphatic carbocycles. The van der Waals surface area contributed by atoms with Crippen molar-refractivity contribution in [3.63, 3.8) is 0 Å². The van der Waals surface area contributed by atoms with E-state index >= 15 is 0 Å². The van der Waals surface area contributed by atoms with Crippen LogP contribution in [0.2, 0.25) is 0 Å². The molecule has 6 nitrogen and oxygen atoms in total. The molecule has 0 aromatic carbocycles. The molecular weight excluding hydrogens is 326 g/mol. The van der Waals surface area contributed by atoms with E-state index in [4.69, 9.17) is 0 Å². The van der Waals surface area contributed by atoms with Crippen molar-refractivity contribution in [1.29, 1.82) is 0 Å². The van der Waals surface area contributed by atoms with Crippen LogP contribution in [0.3, 0.4) is 0 Å². The Morgan fingerprint density at radius 1 is 0.250 bits per heavy atom. The summed E-state index contributed by atoms with van der Waals surface area (Å²) in [5.74, 6) is 0.